The van der Waals surface area contributed by atoms with Gasteiger partial charge in [-0.2, -0.15) is 5.10 Å². The summed E-state index contributed by atoms with van der Waals surface area (Å²) in [5.41, 5.74) is 7.37. The predicted molar refractivity (Wildman–Crippen MR) is 77.0 cm³/mol. The van der Waals surface area contributed by atoms with E-state index in [0.717, 1.165) is 19.3 Å². The minimum Gasteiger partial charge on any atom is -0.464 e. The van der Waals surface area contributed by atoms with Crippen LogP contribution in [0.25, 0.3) is 0 Å². The molecule has 2 N–H and O–H groups in total. The normalized spacial score (nSPS) is 10.4. The maximum atomic E-state index is 11.5. The third-order valence-electron chi connectivity index (χ3n) is 2.91. The smallest absolute Gasteiger partial charge is 0.327 e. The molecule has 0 bridgehead atoms. The van der Waals surface area contributed by atoms with Gasteiger partial charge in [-0.05, 0) is 24.8 Å². The van der Waals surface area contributed by atoms with E-state index in [4.69, 9.17) is 10.5 Å². The highest BCUT2D eigenvalue weighted by atomic mass is 16.5. The Kier molecular flexibility index (Phi) is 5.17. The van der Waals surface area contributed by atoms with Crippen LogP contribution in [0.3, 0.4) is 0 Å². The van der Waals surface area contributed by atoms with Crippen molar-refractivity contribution in [1.29, 1.82) is 0 Å². The summed E-state index contributed by atoms with van der Waals surface area (Å²) in [4.78, 5) is 11.5. The summed E-state index contributed by atoms with van der Waals surface area (Å²) in [6.45, 7) is 0.554. The fraction of sp³-hybridized carbons (Fsp3) is 0.333. The topological polar surface area (TPSA) is 70.1 Å². The van der Waals surface area contributed by atoms with E-state index in [-0.39, 0.29) is 12.5 Å². The lowest BCUT2D eigenvalue weighted by atomic mass is 10.1. The molecular weight excluding hydrogens is 254 g/mol. The molecule has 0 saturated carbocycles. The van der Waals surface area contributed by atoms with Gasteiger partial charge in [0.15, 0.2) is 0 Å². The molecule has 1 heterocycles. The molecule has 1 aromatic heterocycles. The van der Waals surface area contributed by atoms with Crippen molar-refractivity contribution in [3.63, 3.8) is 0 Å². The number of aryl methyl sites for hydroxylation is 1. The van der Waals surface area contributed by atoms with E-state index >= 15 is 0 Å². The molecular formula is C15H19N3O2. The van der Waals surface area contributed by atoms with E-state index < -0.39 is 0 Å². The Morgan fingerprint density at radius 3 is 2.75 bits per heavy atom. The fourth-order valence-corrected chi connectivity index (χ4v) is 1.91. The fourth-order valence-electron chi connectivity index (χ4n) is 1.91. The molecule has 2 rings (SSSR count). The van der Waals surface area contributed by atoms with Gasteiger partial charge in [-0.1, -0.05) is 30.3 Å². The standard InChI is InChI=1S/C15H19N3O2/c16-14-10-17-18(11-14)12-15(19)20-9-5-4-8-13-6-2-1-3-7-13/h1-3,6-7,10-11H,4-5,8-9,12,16H2. The highest BCUT2D eigenvalue weighted by molar-refractivity contribution is 5.69. The number of nitrogens with two attached hydrogens (primary N) is 1. The highest BCUT2D eigenvalue weighted by Crippen LogP contribution is 2.05. The number of unbranched alkanes of at least 4 members (excludes halogenated alkanes) is 1. The Bertz CT molecular complexity index is 537. The van der Waals surface area contributed by atoms with Crippen molar-refractivity contribution in [2.75, 3.05) is 12.3 Å². The molecule has 0 saturated heterocycles. The lowest BCUT2D eigenvalue weighted by Gasteiger charge is -2.05. The number of benzene rings is 1. The summed E-state index contributed by atoms with van der Waals surface area (Å²) in [6.07, 6.45) is 5.99. The van der Waals surface area contributed by atoms with Crippen LogP contribution in [0.1, 0.15) is 18.4 Å². The van der Waals surface area contributed by atoms with E-state index in [1.165, 1.54) is 16.4 Å². The van der Waals surface area contributed by atoms with E-state index in [2.05, 4.69) is 17.2 Å². The molecule has 0 aliphatic heterocycles. The van der Waals surface area contributed by atoms with Gasteiger partial charge >= 0.3 is 5.97 Å². The molecule has 1 aromatic carbocycles. The van der Waals surface area contributed by atoms with Gasteiger partial charge in [-0.3, -0.25) is 9.48 Å². The second-order valence-corrected chi connectivity index (χ2v) is 4.63. The van der Waals surface area contributed by atoms with Crippen molar-refractivity contribution in [3.8, 4) is 0 Å². The Labute approximate surface area is 118 Å². The monoisotopic (exact) mass is 273 g/mol. The maximum Gasteiger partial charge on any atom is 0.327 e. The summed E-state index contributed by atoms with van der Waals surface area (Å²) < 4.78 is 6.63. The SMILES string of the molecule is Nc1cnn(CC(=O)OCCCCc2ccccc2)c1. The first-order chi connectivity index (χ1) is 9.74. The molecule has 0 unspecified atom stereocenters. The van der Waals surface area contributed by atoms with Crippen molar-refractivity contribution >= 4 is 11.7 Å². The van der Waals surface area contributed by atoms with Crippen molar-refractivity contribution < 1.29 is 9.53 Å². The lowest BCUT2D eigenvalue weighted by Crippen LogP contribution is -2.14. The molecule has 106 valence electrons. The number of ether oxygens (including phenoxy) is 1. The zero-order chi connectivity index (χ0) is 14.2. The molecule has 0 fully saturated rings. The quantitative estimate of drug-likeness (QED) is 0.619. The number of carbonyl (C=O) groups excluding carboxylic acids is 1. The molecule has 0 aliphatic rings. The van der Waals surface area contributed by atoms with Crippen LogP contribution in [-0.4, -0.2) is 22.4 Å². The van der Waals surface area contributed by atoms with Crippen LogP contribution in [0, 0.1) is 0 Å². The van der Waals surface area contributed by atoms with Gasteiger partial charge in [0.05, 0.1) is 18.5 Å². The Morgan fingerprint density at radius 2 is 2.05 bits per heavy atom. The van der Waals surface area contributed by atoms with Gasteiger partial charge in [0.25, 0.3) is 0 Å². The van der Waals surface area contributed by atoms with Crippen molar-refractivity contribution in [2.24, 2.45) is 0 Å². The van der Waals surface area contributed by atoms with E-state index in [0.29, 0.717) is 12.3 Å². The van der Waals surface area contributed by atoms with Crippen LogP contribution in [0.4, 0.5) is 5.69 Å². The molecule has 2 aromatic rings. The predicted octanol–water partition coefficient (Wildman–Crippen LogP) is 2.03. The minimum atomic E-state index is -0.284. The van der Waals surface area contributed by atoms with E-state index in [1.807, 2.05) is 18.2 Å². The second-order valence-electron chi connectivity index (χ2n) is 4.63. The maximum absolute atomic E-state index is 11.5. The van der Waals surface area contributed by atoms with Crippen LogP contribution < -0.4 is 5.73 Å². The number of nitrogens with zero attached hydrogens (tertiary/aromatic N) is 2. The molecule has 0 spiro atoms. The Hall–Kier alpha value is -2.30. The number of anilines is 1. The van der Waals surface area contributed by atoms with Gasteiger partial charge in [0, 0.05) is 6.20 Å². The first-order valence-electron chi connectivity index (χ1n) is 6.71. The lowest BCUT2D eigenvalue weighted by molar-refractivity contribution is -0.144. The van der Waals surface area contributed by atoms with Crippen LogP contribution in [-0.2, 0) is 22.5 Å². The van der Waals surface area contributed by atoms with Gasteiger partial charge in [-0.15, -0.1) is 0 Å². The first kappa shape index (κ1) is 14.1. The van der Waals surface area contributed by atoms with Crippen LogP contribution >= 0.6 is 0 Å². The molecule has 20 heavy (non-hydrogen) atoms. The molecule has 0 aliphatic carbocycles. The average molecular weight is 273 g/mol. The van der Waals surface area contributed by atoms with Gasteiger partial charge in [-0.25, -0.2) is 0 Å². The number of carbonyl (C=O) groups is 1. The van der Waals surface area contributed by atoms with E-state index in [9.17, 15) is 4.79 Å². The summed E-state index contributed by atoms with van der Waals surface area (Å²) in [5.74, 6) is -0.284. The van der Waals surface area contributed by atoms with Crippen molar-refractivity contribution in [3.05, 3.63) is 48.3 Å². The third-order valence-corrected chi connectivity index (χ3v) is 2.91. The molecule has 5 heteroatoms. The number of hydrogen-bond donors (Lipinski definition) is 1. The Morgan fingerprint density at radius 1 is 1.25 bits per heavy atom. The largest absolute Gasteiger partial charge is 0.464 e. The minimum absolute atomic E-state index is 0.107. The second kappa shape index (κ2) is 7.33. The Balaban J connectivity index is 1.58. The van der Waals surface area contributed by atoms with Crippen LogP contribution in [0.5, 0.6) is 0 Å². The summed E-state index contributed by atoms with van der Waals surface area (Å²) in [7, 11) is 0. The summed E-state index contributed by atoms with van der Waals surface area (Å²) >= 11 is 0. The van der Waals surface area contributed by atoms with Crippen LogP contribution in [0.2, 0.25) is 0 Å². The first-order valence-corrected chi connectivity index (χ1v) is 6.71. The number of nitrogen functional groups attached to an aromatic ring is 1. The zero-order valence-electron chi connectivity index (χ0n) is 11.4. The third kappa shape index (κ3) is 4.76. The number of hydrogen-bond acceptors (Lipinski definition) is 4. The van der Waals surface area contributed by atoms with E-state index in [1.54, 1.807) is 6.20 Å². The number of aromatic nitrogens is 2. The zero-order valence-corrected chi connectivity index (χ0v) is 11.4. The van der Waals surface area contributed by atoms with Crippen molar-refractivity contribution in [2.45, 2.75) is 25.8 Å². The molecule has 5 nitrogen and oxygen atoms in total. The molecule has 0 radical (unpaired) electrons. The average Bonchev–Trinajstić information content (AvgIpc) is 2.85. The number of rotatable bonds is 7. The number of esters is 1. The van der Waals surface area contributed by atoms with Gasteiger partial charge < -0.3 is 10.5 Å². The molecule has 0 amide bonds. The van der Waals surface area contributed by atoms with Gasteiger partial charge in [0.2, 0.25) is 0 Å². The van der Waals surface area contributed by atoms with Crippen LogP contribution in [0.15, 0.2) is 42.7 Å². The highest BCUT2D eigenvalue weighted by Gasteiger charge is 2.05. The molecule has 0 atom stereocenters. The van der Waals surface area contributed by atoms with Gasteiger partial charge in [0.1, 0.15) is 6.54 Å². The van der Waals surface area contributed by atoms with Crippen molar-refractivity contribution in [1.82, 2.24) is 9.78 Å². The summed E-state index contributed by atoms with van der Waals surface area (Å²) in [5, 5.41) is 3.93. The summed E-state index contributed by atoms with van der Waals surface area (Å²) in [6, 6.07) is 10.3.